The Hall–Kier alpha value is -1.36. The van der Waals surface area contributed by atoms with Gasteiger partial charge in [-0.2, -0.15) is 4.98 Å². The van der Waals surface area contributed by atoms with E-state index in [2.05, 4.69) is 15.3 Å². The number of hydrogen-bond acceptors (Lipinski definition) is 5. The fourth-order valence-electron chi connectivity index (χ4n) is 1.83. The lowest BCUT2D eigenvalue weighted by Gasteiger charge is -2.41. The van der Waals surface area contributed by atoms with Crippen molar-refractivity contribution in [2.75, 3.05) is 30.9 Å². The molecule has 1 saturated carbocycles. The average Bonchev–Trinajstić information content (AvgIpc) is 2.24. The van der Waals surface area contributed by atoms with E-state index in [-0.39, 0.29) is 12.1 Å². The third-order valence-corrected chi connectivity index (χ3v) is 3.05. The van der Waals surface area contributed by atoms with Gasteiger partial charge in [-0.05, 0) is 25.3 Å². The van der Waals surface area contributed by atoms with E-state index >= 15 is 0 Å². The Labute approximate surface area is 95.5 Å². The van der Waals surface area contributed by atoms with Crippen LogP contribution in [0.3, 0.4) is 0 Å². The molecule has 1 aliphatic rings. The highest BCUT2D eigenvalue weighted by molar-refractivity contribution is 5.43. The first-order valence-corrected chi connectivity index (χ1v) is 5.55. The molecule has 1 aliphatic carbocycles. The maximum atomic E-state index is 9.36. The van der Waals surface area contributed by atoms with E-state index in [0.29, 0.717) is 5.95 Å². The normalized spacial score (nSPS) is 17.7. The quantitative estimate of drug-likeness (QED) is 0.791. The minimum atomic E-state index is -0.155. The fourth-order valence-corrected chi connectivity index (χ4v) is 1.83. The molecule has 0 amide bonds. The summed E-state index contributed by atoms with van der Waals surface area (Å²) in [6.45, 7) is 0.161. The van der Waals surface area contributed by atoms with E-state index < -0.39 is 0 Å². The first kappa shape index (κ1) is 11.1. The molecular weight excluding hydrogens is 204 g/mol. The first-order valence-electron chi connectivity index (χ1n) is 5.55. The molecule has 1 heterocycles. The van der Waals surface area contributed by atoms with E-state index in [9.17, 15) is 5.11 Å². The highest BCUT2D eigenvalue weighted by atomic mass is 16.3. The number of rotatable bonds is 4. The number of hydrogen-bond donors (Lipinski definition) is 2. The molecular formula is C11H18N4O. The zero-order chi connectivity index (χ0) is 11.6. The van der Waals surface area contributed by atoms with Crippen molar-refractivity contribution in [2.24, 2.45) is 0 Å². The molecule has 0 unspecified atom stereocenters. The summed E-state index contributed by atoms with van der Waals surface area (Å²) in [5.74, 6) is 1.46. The zero-order valence-electron chi connectivity index (χ0n) is 9.77. The lowest BCUT2D eigenvalue weighted by atomic mass is 9.77. The summed E-state index contributed by atoms with van der Waals surface area (Å²) in [4.78, 5) is 10.4. The second-order valence-electron chi connectivity index (χ2n) is 4.55. The highest BCUT2D eigenvalue weighted by Gasteiger charge is 2.36. The number of aliphatic hydroxyl groups excluding tert-OH is 1. The Bertz CT molecular complexity index is 357. The van der Waals surface area contributed by atoms with Crippen LogP contribution in [-0.2, 0) is 0 Å². The largest absolute Gasteiger partial charge is 0.394 e. The van der Waals surface area contributed by atoms with Crippen molar-refractivity contribution in [3.8, 4) is 0 Å². The second-order valence-corrected chi connectivity index (χ2v) is 4.55. The molecule has 16 heavy (non-hydrogen) atoms. The SMILES string of the molecule is CN(C)c1nccc(NC2(CO)CCC2)n1. The van der Waals surface area contributed by atoms with E-state index in [0.717, 1.165) is 18.7 Å². The third kappa shape index (κ3) is 2.09. The van der Waals surface area contributed by atoms with Crippen LogP contribution in [0.15, 0.2) is 12.3 Å². The lowest BCUT2D eigenvalue weighted by molar-refractivity contribution is 0.144. The minimum absolute atomic E-state index is 0.155. The van der Waals surface area contributed by atoms with Gasteiger partial charge in [0.1, 0.15) is 5.82 Å². The minimum Gasteiger partial charge on any atom is -0.394 e. The van der Waals surface area contributed by atoms with Crippen molar-refractivity contribution >= 4 is 11.8 Å². The van der Waals surface area contributed by atoms with Crippen LogP contribution in [0.5, 0.6) is 0 Å². The Morgan fingerprint density at radius 2 is 2.25 bits per heavy atom. The van der Waals surface area contributed by atoms with Gasteiger partial charge in [-0.25, -0.2) is 4.98 Å². The van der Waals surface area contributed by atoms with Crippen molar-refractivity contribution in [1.82, 2.24) is 9.97 Å². The van der Waals surface area contributed by atoms with E-state index in [4.69, 9.17) is 0 Å². The Balaban J connectivity index is 2.12. The summed E-state index contributed by atoms with van der Waals surface area (Å²) in [6, 6.07) is 1.84. The maximum absolute atomic E-state index is 9.36. The lowest BCUT2D eigenvalue weighted by Crippen LogP contribution is -2.48. The van der Waals surface area contributed by atoms with Gasteiger partial charge in [0.05, 0.1) is 12.1 Å². The summed E-state index contributed by atoms with van der Waals surface area (Å²) in [7, 11) is 3.81. The topological polar surface area (TPSA) is 61.3 Å². The van der Waals surface area contributed by atoms with Crippen LogP contribution in [0.4, 0.5) is 11.8 Å². The first-order chi connectivity index (χ1) is 7.65. The van der Waals surface area contributed by atoms with Crippen LogP contribution in [0.25, 0.3) is 0 Å². The van der Waals surface area contributed by atoms with Gasteiger partial charge in [0.25, 0.3) is 0 Å². The third-order valence-electron chi connectivity index (χ3n) is 3.05. The monoisotopic (exact) mass is 222 g/mol. The van der Waals surface area contributed by atoms with Gasteiger partial charge in [0.2, 0.25) is 5.95 Å². The van der Waals surface area contributed by atoms with E-state index in [1.165, 1.54) is 6.42 Å². The van der Waals surface area contributed by atoms with Crippen LogP contribution < -0.4 is 10.2 Å². The molecule has 1 aromatic heterocycles. The summed E-state index contributed by atoms with van der Waals surface area (Å²) >= 11 is 0. The predicted molar refractivity (Wildman–Crippen MR) is 63.6 cm³/mol. The van der Waals surface area contributed by atoms with Crippen molar-refractivity contribution in [3.63, 3.8) is 0 Å². The molecule has 0 aromatic carbocycles. The molecule has 5 nitrogen and oxygen atoms in total. The maximum Gasteiger partial charge on any atom is 0.226 e. The molecule has 5 heteroatoms. The molecule has 2 N–H and O–H groups in total. The van der Waals surface area contributed by atoms with Crippen LogP contribution >= 0.6 is 0 Å². The average molecular weight is 222 g/mol. The van der Waals surface area contributed by atoms with Gasteiger partial charge in [-0.3, -0.25) is 0 Å². The predicted octanol–water partition coefficient (Wildman–Crippen LogP) is 0.869. The zero-order valence-corrected chi connectivity index (χ0v) is 9.77. The van der Waals surface area contributed by atoms with Gasteiger partial charge in [-0.1, -0.05) is 0 Å². The molecule has 0 spiro atoms. The standard InChI is InChI=1S/C11H18N4O/c1-15(2)10-12-7-4-9(13-10)14-11(8-16)5-3-6-11/h4,7,16H,3,5-6,8H2,1-2H3,(H,12,13,14). The van der Waals surface area contributed by atoms with E-state index in [1.807, 2.05) is 25.1 Å². The van der Waals surface area contributed by atoms with Gasteiger partial charge >= 0.3 is 0 Å². The Kier molecular flexibility index (Phi) is 2.96. The Morgan fingerprint density at radius 1 is 1.50 bits per heavy atom. The summed E-state index contributed by atoms with van der Waals surface area (Å²) in [5.41, 5.74) is -0.155. The van der Waals surface area contributed by atoms with E-state index in [1.54, 1.807) is 6.20 Å². The molecule has 0 atom stereocenters. The molecule has 0 aliphatic heterocycles. The summed E-state index contributed by atoms with van der Waals surface area (Å²) < 4.78 is 0. The van der Waals surface area contributed by atoms with Gasteiger partial charge in [-0.15, -0.1) is 0 Å². The Morgan fingerprint density at radius 3 is 2.75 bits per heavy atom. The molecule has 88 valence electrons. The smallest absolute Gasteiger partial charge is 0.226 e. The van der Waals surface area contributed by atoms with Crippen molar-refractivity contribution in [1.29, 1.82) is 0 Å². The summed E-state index contributed by atoms with van der Waals surface area (Å²) in [6.07, 6.45) is 4.91. The van der Waals surface area contributed by atoms with Gasteiger partial charge in [0, 0.05) is 20.3 Å². The molecule has 1 aromatic rings. The van der Waals surface area contributed by atoms with Crippen molar-refractivity contribution < 1.29 is 5.11 Å². The number of nitrogens with one attached hydrogen (secondary N) is 1. The van der Waals surface area contributed by atoms with Crippen LogP contribution in [-0.4, -0.2) is 41.3 Å². The van der Waals surface area contributed by atoms with Crippen LogP contribution in [0.1, 0.15) is 19.3 Å². The molecule has 0 radical (unpaired) electrons. The van der Waals surface area contributed by atoms with Gasteiger partial charge < -0.3 is 15.3 Å². The van der Waals surface area contributed by atoms with Crippen LogP contribution in [0, 0.1) is 0 Å². The number of aliphatic hydroxyl groups is 1. The molecule has 1 fully saturated rings. The fraction of sp³-hybridized carbons (Fsp3) is 0.636. The van der Waals surface area contributed by atoms with Crippen molar-refractivity contribution in [2.45, 2.75) is 24.8 Å². The number of nitrogens with zero attached hydrogens (tertiary/aromatic N) is 3. The molecule has 2 rings (SSSR count). The number of anilines is 2. The second kappa shape index (κ2) is 4.25. The molecule has 0 bridgehead atoms. The van der Waals surface area contributed by atoms with Gasteiger partial charge in [0.15, 0.2) is 0 Å². The number of aromatic nitrogens is 2. The molecule has 0 saturated heterocycles. The van der Waals surface area contributed by atoms with Crippen LogP contribution in [0.2, 0.25) is 0 Å². The highest BCUT2D eigenvalue weighted by Crippen LogP contribution is 2.34. The summed E-state index contributed by atoms with van der Waals surface area (Å²) in [5, 5.41) is 12.7. The van der Waals surface area contributed by atoms with Crippen molar-refractivity contribution in [3.05, 3.63) is 12.3 Å².